The van der Waals surface area contributed by atoms with Crippen LogP contribution < -0.4 is 19.4 Å². The number of carbonyl (C=O) groups is 2. The van der Waals surface area contributed by atoms with Crippen molar-refractivity contribution in [3.8, 4) is 11.1 Å². The monoisotopic (exact) mass is 622 g/mol. The highest BCUT2D eigenvalue weighted by Gasteiger charge is 2.39. The molecule has 44 heavy (non-hydrogen) atoms. The van der Waals surface area contributed by atoms with Crippen molar-refractivity contribution in [3.05, 3.63) is 42.0 Å². The molecule has 1 saturated heterocycles. The van der Waals surface area contributed by atoms with Gasteiger partial charge in [0, 0.05) is 25.6 Å². The summed E-state index contributed by atoms with van der Waals surface area (Å²) < 4.78 is 32.1. The second-order valence-corrected chi connectivity index (χ2v) is 15.2. The van der Waals surface area contributed by atoms with Gasteiger partial charge in [0.25, 0.3) is 0 Å². The average Bonchev–Trinajstić information content (AvgIpc) is 3.45. The van der Waals surface area contributed by atoms with Crippen LogP contribution in [0.4, 0.5) is 21.9 Å². The summed E-state index contributed by atoms with van der Waals surface area (Å²) in [5.74, 6) is -0.0750. The number of benzene rings is 2. The number of ether oxygens (including phenoxy) is 1. The summed E-state index contributed by atoms with van der Waals surface area (Å²) in [4.78, 5) is 30.1. The first-order valence-electron chi connectivity index (χ1n) is 16.4. The van der Waals surface area contributed by atoms with Crippen molar-refractivity contribution in [2.45, 2.75) is 109 Å². The van der Waals surface area contributed by atoms with Gasteiger partial charge in [-0.05, 0) is 86.4 Å². The summed E-state index contributed by atoms with van der Waals surface area (Å²) in [5, 5.41) is 3.79. The number of hydrogen-bond donors (Lipinski definition) is 1. The lowest BCUT2D eigenvalue weighted by atomic mass is 9.80. The molecule has 2 aromatic rings. The van der Waals surface area contributed by atoms with E-state index in [-0.39, 0.29) is 23.7 Å². The second kappa shape index (κ2) is 12.4. The second-order valence-electron chi connectivity index (χ2n) is 13.3. The molecule has 1 N–H and O–H groups in total. The van der Waals surface area contributed by atoms with Crippen LogP contribution in [-0.2, 0) is 26.0 Å². The third kappa shape index (κ3) is 6.20. The van der Waals surface area contributed by atoms with Crippen LogP contribution in [0.3, 0.4) is 0 Å². The van der Waals surface area contributed by atoms with Crippen LogP contribution in [0.5, 0.6) is 0 Å². The fraction of sp³-hybridized carbons (Fsp3) is 0.588. The first-order valence-corrected chi connectivity index (χ1v) is 18.2. The Balaban J connectivity index is 1.27. The van der Waals surface area contributed by atoms with E-state index >= 15 is 0 Å². The van der Waals surface area contributed by atoms with Crippen LogP contribution in [0.25, 0.3) is 11.1 Å². The number of rotatable bonds is 3. The molecule has 3 aliphatic heterocycles. The fourth-order valence-electron chi connectivity index (χ4n) is 7.89. The normalized spacial score (nSPS) is 23.8. The topological polar surface area (TPSA) is 99.3 Å². The molecule has 4 aliphatic rings. The standard InChI is InChI=1S/C34H46N4O5S/c1-24-23-36(33(40)43-32-11-10-19-34(35-32)17-8-6-4-5-7-9-18-34)31-22-27(13-15-30(31)38(24)25(2)39)26-12-14-29-28(21-26)16-20-37(29)44(3,41)42/h12-15,21-22,24,32,35H,4-11,16-20,23H2,1-3H3/t24-,32?/m0/s1. The van der Waals surface area contributed by atoms with Gasteiger partial charge in [0.15, 0.2) is 6.23 Å². The molecule has 0 radical (unpaired) electrons. The van der Waals surface area contributed by atoms with E-state index in [0.717, 1.165) is 48.8 Å². The van der Waals surface area contributed by atoms with Crippen LogP contribution in [0.15, 0.2) is 36.4 Å². The Morgan fingerprint density at radius 3 is 2.20 bits per heavy atom. The van der Waals surface area contributed by atoms with Crippen LogP contribution in [0.1, 0.15) is 90.0 Å². The van der Waals surface area contributed by atoms with Crippen molar-refractivity contribution < 1.29 is 22.7 Å². The number of hydrogen-bond acceptors (Lipinski definition) is 6. The van der Waals surface area contributed by atoms with E-state index in [0.29, 0.717) is 36.6 Å². The maximum absolute atomic E-state index is 13.9. The first kappa shape index (κ1) is 30.9. The van der Waals surface area contributed by atoms with E-state index in [9.17, 15) is 18.0 Å². The van der Waals surface area contributed by atoms with Crippen molar-refractivity contribution in [3.63, 3.8) is 0 Å². The van der Waals surface area contributed by atoms with E-state index in [4.69, 9.17) is 4.74 Å². The van der Waals surface area contributed by atoms with Gasteiger partial charge in [-0.1, -0.05) is 50.7 Å². The molecule has 2 fully saturated rings. The molecular formula is C34H46N4O5S. The molecule has 9 nitrogen and oxygen atoms in total. The van der Waals surface area contributed by atoms with Crippen LogP contribution in [0, 0.1) is 0 Å². The van der Waals surface area contributed by atoms with Gasteiger partial charge in [0.2, 0.25) is 15.9 Å². The molecule has 0 aromatic heterocycles. The molecule has 238 valence electrons. The van der Waals surface area contributed by atoms with Crippen LogP contribution in [-0.4, -0.2) is 57.6 Å². The van der Waals surface area contributed by atoms with Crippen molar-refractivity contribution in [2.24, 2.45) is 0 Å². The molecule has 3 heterocycles. The lowest BCUT2D eigenvalue weighted by Crippen LogP contribution is -2.57. The summed E-state index contributed by atoms with van der Waals surface area (Å²) in [6, 6.07) is 11.4. The van der Waals surface area contributed by atoms with Crippen molar-refractivity contribution in [2.75, 3.05) is 33.5 Å². The van der Waals surface area contributed by atoms with E-state index in [1.165, 1.54) is 49.1 Å². The molecule has 10 heteroatoms. The lowest BCUT2D eigenvalue weighted by molar-refractivity contribution is -0.117. The van der Waals surface area contributed by atoms with E-state index in [2.05, 4.69) is 5.32 Å². The third-order valence-corrected chi connectivity index (χ3v) is 11.2. The number of carbonyl (C=O) groups excluding carboxylic acids is 2. The third-order valence-electron chi connectivity index (χ3n) is 10.0. The zero-order valence-corrected chi connectivity index (χ0v) is 27.1. The maximum Gasteiger partial charge on any atom is 0.416 e. The number of fused-ring (bicyclic) bond motifs is 2. The molecule has 2 amide bonds. The Kier molecular flexibility index (Phi) is 8.67. The van der Waals surface area contributed by atoms with E-state index in [1.54, 1.807) is 16.7 Å². The van der Waals surface area contributed by atoms with Gasteiger partial charge in [0.05, 0.1) is 29.4 Å². The van der Waals surface area contributed by atoms with E-state index < -0.39 is 16.1 Å². The predicted octanol–water partition coefficient (Wildman–Crippen LogP) is 6.35. The Morgan fingerprint density at radius 1 is 0.886 bits per heavy atom. The number of nitrogens with one attached hydrogen (secondary N) is 1. The predicted molar refractivity (Wildman–Crippen MR) is 175 cm³/mol. The molecule has 2 atom stereocenters. The summed E-state index contributed by atoms with van der Waals surface area (Å²) in [6.45, 7) is 4.28. The number of amides is 2. The SMILES string of the molecule is CC(=O)N1c2ccc(-c3ccc4c(c3)CCN4S(C)(=O)=O)cc2N(C(=O)OC2CCCC3(CCCCCCCC3)N2)C[C@@H]1C. The number of sulfonamides is 1. The van der Waals surface area contributed by atoms with Crippen molar-refractivity contribution in [1.82, 2.24) is 5.32 Å². The molecule has 1 spiro atoms. The largest absolute Gasteiger partial charge is 0.430 e. The van der Waals surface area contributed by atoms with E-state index in [1.807, 2.05) is 43.3 Å². The lowest BCUT2D eigenvalue weighted by Gasteiger charge is -2.44. The Morgan fingerprint density at radius 2 is 1.52 bits per heavy atom. The number of anilines is 3. The quantitative estimate of drug-likeness (QED) is 0.429. The molecule has 1 unspecified atom stereocenters. The summed E-state index contributed by atoms with van der Waals surface area (Å²) in [6.07, 6.45) is 14.0. The molecule has 2 aromatic carbocycles. The van der Waals surface area contributed by atoms with Gasteiger partial charge < -0.3 is 9.64 Å². The average molecular weight is 623 g/mol. The van der Waals surface area contributed by atoms with Gasteiger partial charge in [-0.3, -0.25) is 19.3 Å². The fourth-order valence-corrected chi connectivity index (χ4v) is 8.85. The maximum atomic E-state index is 13.9. The minimum absolute atomic E-state index is 0.0412. The van der Waals surface area contributed by atoms with Gasteiger partial charge in [-0.25, -0.2) is 13.2 Å². The van der Waals surface area contributed by atoms with Gasteiger partial charge in [0.1, 0.15) is 0 Å². The molecule has 0 bridgehead atoms. The summed E-state index contributed by atoms with van der Waals surface area (Å²) in [7, 11) is -3.34. The van der Waals surface area contributed by atoms with Crippen molar-refractivity contribution >= 4 is 39.1 Å². The number of nitrogens with zero attached hydrogens (tertiary/aromatic N) is 3. The Labute approximate surface area is 262 Å². The molecule has 1 aliphatic carbocycles. The highest BCUT2D eigenvalue weighted by atomic mass is 32.2. The highest BCUT2D eigenvalue weighted by molar-refractivity contribution is 7.92. The minimum atomic E-state index is -3.34. The molecule has 6 rings (SSSR count). The Bertz CT molecular complexity index is 1520. The van der Waals surface area contributed by atoms with Gasteiger partial charge in [-0.15, -0.1) is 0 Å². The van der Waals surface area contributed by atoms with Crippen molar-refractivity contribution in [1.29, 1.82) is 0 Å². The highest BCUT2D eigenvalue weighted by Crippen LogP contribution is 2.41. The Hall–Kier alpha value is -3.11. The van der Waals surface area contributed by atoms with Gasteiger partial charge >= 0.3 is 6.09 Å². The summed E-state index contributed by atoms with van der Waals surface area (Å²) >= 11 is 0. The summed E-state index contributed by atoms with van der Waals surface area (Å²) in [5.41, 5.74) is 4.88. The zero-order valence-electron chi connectivity index (χ0n) is 26.3. The number of piperidine rings is 1. The zero-order chi connectivity index (χ0) is 31.1. The van der Waals surface area contributed by atoms with Crippen LogP contribution in [0.2, 0.25) is 0 Å². The minimum Gasteiger partial charge on any atom is -0.430 e. The molecular weight excluding hydrogens is 576 g/mol. The van der Waals surface area contributed by atoms with Crippen LogP contribution >= 0.6 is 0 Å². The molecule has 1 saturated carbocycles. The first-order chi connectivity index (χ1) is 21.0. The van der Waals surface area contributed by atoms with Gasteiger partial charge in [-0.2, -0.15) is 0 Å². The smallest absolute Gasteiger partial charge is 0.416 e.